The Morgan fingerprint density at radius 1 is 1.07 bits per heavy atom. The summed E-state index contributed by atoms with van der Waals surface area (Å²) in [5.41, 5.74) is 1.73. The monoisotopic (exact) mass is 484 g/mol. The zero-order valence-electron chi connectivity index (χ0n) is 15.4. The van der Waals surface area contributed by atoms with E-state index in [9.17, 15) is 4.39 Å². The van der Waals surface area contributed by atoms with Gasteiger partial charge in [-0.15, -0.1) is 24.0 Å². The molecule has 2 rings (SSSR count). The summed E-state index contributed by atoms with van der Waals surface area (Å²) in [7, 11) is 4.82. The second-order valence-electron chi connectivity index (χ2n) is 5.38. The zero-order chi connectivity index (χ0) is 18.9. The molecule has 27 heavy (non-hydrogen) atoms. The summed E-state index contributed by atoms with van der Waals surface area (Å²) in [4.78, 5) is 4.12. The van der Waals surface area contributed by atoms with Crippen LogP contribution >= 0.6 is 24.0 Å². The highest BCUT2D eigenvalue weighted by Gasteiger charge is 2.08. The fourth-order valence-corrected chi connectivity index (χ4v) is 2.36. The van der Waals surface area contributed by atoms with Crippen molar-refractivity contribution in [1.29, 1.82) is 5.26 Å². The minimum atomic E-state index is -0.372. The number of ether oxygens (including phenoxy) is 2. The molecule has 0 aliphatic rings. The molecule has 0 fully saturated rings. The summed E-state index contributed by atoms with van der Waals surface area (Å²) in [6.45, 7) is 0.675. The number of hydrogen-bond acceptors (Lipinski definition) is 4. The van der Waals surface area contributed by atoms with Crippen LogP contribution in [0.25, 0.3) is 0 Å². The normalized spacial score (nSPS) is 10.4. The molecule has 0 heterocycles. The molecular formula is C19H22FIN4O2. The van der Waals surface area contributed by atoms with Gasteiger partial charge in [0.2, 0.25) is 0 Å². The molecule has 0 aliphatic heterocycles. The van der Waals surface area contributed by atoms with Gasteiger partial charge in [-0.1, -0.05) is 0 Å². The number of nitriles is 1. The largest absolute Gasteiger partial charge is 0.497 e. The quantitative estimate of drug-likeness (QED) is 0.374. The molecule has 0 aliphatic carbocycles. The predicted octanol–water partition coefficient (Wildman–Crippen LogP) is 3.20. The van der Waals surface area contributed by atoms with Crippen molar-refractivity contribution in [3.63, 3.8) is 0 Å². The molecule has 2 aromatic carbocycles. The van der Waals surface area contributed by atoms with Crippen LogP contribution < -0.4 is 20.1 Å². The molecule has 0 unspecified atom stereocenters. The maximum absolute atomic E-state index is 13.8. The van der Waals surface area contributed by atoms with E-state index in [2.05, 4.69) is 15.6 Å². The molecule has 144 valence electrons. The van der Waals surface area contributed by atoms with E-state index in [-0.39, 0.29) is 36.3 Å². The molecule has 0 amide bonds. The van der Waals surface area contributed by atoms with Crippen molar-refractivity contribution < 1.29 is 13.9 Å². The van der Waals surface area contributed by atoms with Crippen LogP contribution in [0.1, 0.15) is 16.7 Å². The molecule has 2 N–H and O–H groups in total. The second-order valence-corrected chi connectivity index (χ2v) is 5.38. The van der Waals surface area contributed by atoms with Crippen LogP contribution in [0.15, 0.2) is 41.4 Å². The molecule has 0 saturated heterocycles. The third-order valence-electron chi connectivity index (χ3n) is 3.79. The lowest BCUT2D eigenvalue weighted by atomic mass is 10.1. The van der Waals surface area contributed by atoms with Crippen LogP contribution in [0.3, 0.4) is 0 Å². The van der Waals surface area contributed by atoms with Crippen LogP contribution in [0, 0.1) is 17.1 Å². The van der Waals surface area contributed by atoms with Crippen LogP contribution in [-0.4, -0.2) is 27.2 Å². The highest BCUT2D eigenvalue weighted by atomic mass is 127. The van der Waals surface area contributed by atoms with Crippen molar-refractivity contribution in [1.82, 2.24) is 10.6 Å². The van der Waals surface area contributed by atoms with Gasteiger partial charge in [0.25, 0.3) is 0 Å². The van der Waals surface area contributed by atoms with Gasteiger partial charge in [-0.3, -0.25) is 4.99 Å². The van der Waals surface area contributed by atoms with Crippen LogP contribution in [0.5, 0.6) is 11.5 Å². The number of methoxy groups -OCH3 is 2. The summed E-state index contributed by atoms with van der Waals surface area (Å²) in [5, 5.41) is 15.1. The average molecular weight is 484 g/mol. The highest BCUT2D eigenvalue weighted by molar-refractivity contribution is 14.0. The summed E-state index contributed by atoms with van der Waals surface area (Å²) in [6.07, 6.45) is 0. The maximum atomic E-state index is 13.8. The van der Waals surface area contributed by atoms with Gasteiger partial charge < -0.3 is 20.1 Å². The van der Waals surface area contributed by atoms with Gasteiger partial charge in [0.15, 0.2) is 5.96 Å². The Kier molecular flexibility index (Phi) is 9.36. The number of aliphatic imine (C=N–C) groups is 1. The number of guanidine groups is 1. The number of nitrogens with zero attached hydrogens (tertiary/aromatic N) is 2. The van der Waals surface area contributed by atoms with Crippen molar-refractivity contribution in [3.8, 4) is 17.6 Å². The topological polar surface area (TPSA) is 78.7 Å². The van der Waals surface area contributed by atoms with Crippen LogP contribution in [0.4, 0.5) is 4.39 Å². The van der Waals surface area contributed by atoms with Gasteiger partial charge in [-0.25, -0.2) is 4.39 Å². The zero-order valence-corrected chi connectivity index (χ0v) is 17.7. The smallest absolute Gasteiger partial charge is 0.191 e. The van der Waals surface area contributed by atoms with Gasteiger partial charge in [0.1, 0.15) is 17.3 Å². The number of rotatable bonds is 6. The molecule has 0 atom stereocenters. The Labute approximate surface area is 175 Å². The third-order valence-corrected chi connectivity index (χ3v) is 3.79. The average Bonchev–Trinajstić information content (AvgIpc) is 2.69. The van der Waals surface area contributed by atoms with E-state index in [1.807, 2.05) is 18.2 Å². The Hall–Kier alpha value is -2.54. The standard InChI is InChI=1S/C19H21FN4O2.HI/c1-22-19(24-12-15-8-13(10-21)4-7-17(15)20)23-11-14-5-6-16(25-2)9-18(14)26-3;/h4-9H,11-12H2,1-3H3,(H2,22,23,24);1H. The highest BCUT2D eigenvalue weighted by Crippen LogP contribution is 2.24. The third kappa shape index (κ3) is 6.29. The van der Waals surface area contributed by atoms with Gasteiger partial charge in [0.05, 0.1) is 25.9 Å². The van der Waals surface area contributed by atoms with E-state index >= 15 is 0 Å². The van der Waals surface area contributed by atoms with Crippen molar-refractivity contribution in [2.45, 2.75) is 13.1 Å². The fourth-order valence-electron chi connectivity index (χ4n) is 2.36. The number of halogens is 2. The van der Waals surface area contributed by atoms with Crippen molar-refractivity contribution in [2.75, 3.05) is 21.3 Å². The molecule has 6 nitrogen and oxygen atoms in total. The van der Waals surface area contributed by atoms with Crippen LogP contribution in [0.2, 0.25) is 0 Å². The molecule has 0 saturated carbocycles. The molecular weight excluding hydrogens is 462 g/mol. The lowest BCUT2D eigenvalue weighted by Gasteiger charge is -2.15. The van der Waals surface area contributed by atoms with Gasteiger partial charge in [-0.2, -0.15) is 5.26 Å². The summed E-state index contributed by atoms with van der Waals surface area (Å²) < 4.78 is 24.4. The second kappa shape index (κ2) is 11.2. The lowest BCUT2D eigenvalue weighted by molar-refractivity contribution is 0.390. The predicted molar refractivity (Wildman–Crippen MR) is 113 cm³/mol. The Morgan fingerprint density at radius 2 is 1.78 bits per heavy atom. The molecule has 0 bridgehead atoms. The first-order valence-electron chi connectivity index (χ1n) is 7.95. The molecule has 0 aromatic heterocycles. The first-order valence-corrected chi connectivity index (χ1v) is 7.95. The summed E-state index contributed by atoms with van der Waals surface area (Å²) in [6, 6.07) is 11.8. The van der Waals surface area contributed by atoms with E-state index in [4.69, 9.17) is 14.7 Å². The van der Waals surface area contributed by atoms with Gasteiger partial charge in [-0.05, 0) is 30.3 Å². The van der Waals surface area contributed by atoms with Crippen molar-refractivity contribution >= 4 is 29.9 Å². The van der Waals surface area contributed by atoms with E-state index < -0.39 is 0 Å². The lowest BCUT2D eigenvalue weighted by Crippen LogP contribution is -2.36. The maximum Gasteiger partial charge on any atom is 0.191 e. The molecule has 0 radical (unpaired) electrons. The fraction of sp³-hybridized carbons (Fsp3) is 0.263. The van der Waals surface area contributed by atoms with Gasteiger partial charge in [0, 0.05) is 37.3 Å². The first-order chi connectivity index (χ1) is 12.6. The van der Waals surface area contributed by atoms with E-state index in [0.717, 1.165) is 5.56 Å². The van der Waals surface area contributed by atoms with E-state index in [1.165, 1.54) is 18.2 Å². The van der Waals surface area contributed by atoms with E-state index in [1.54, 1.807) is 27.3 Å². The number of nitrogens with one attached hydrogen (secondary N) is 2. The molecule has 2 aromatic rings. The Balaban J connectivity index is 0.00000364. The Morgan fingerprint density at radius 3 is 2.37 bits per heavy atom. The number of benzene rings is 2. The van der Waals surface area contributed by atoms with Crippen molar-refractivity contribution in [2.24, 2.45) is 4.99 Å². The minimum Gasteiger partial charge on any atom is -0.497 e. The molecule has 0 spiro atoms. The SMILES string of the molecule is CN=C(NCc1cc(C#N)ccc1F)NCc1ccc(OC)cc1OC.I. The summed E-state index contributed by atoms with van der Waals surface area (Å²) in [5.74, 6) is 1.54. The minimum absolute atomic E-state index is 0. The number of hydrogen-bond donors (Lipinski definition) is 2. The first kappa shape index (κ1) is 22.5. The summed E-state index contributed by atoms with van der Waals surface area (Å²) >= 11 is 0. The van der Waals surface area contributed by atoms with Crippen LogP contribution in [-0.2, 0) is 13.1 Å². The van der Waals surface area contributed by atoms with Gasteiger partial charge >= 0.3 is 0 Å². The Bertz CT molecular complexity index is 837. The molecule has 8 heteroatoms. The van der Waals surface area contributed by atoms with E-state index in [0.29, 0.717) is 35.1 Å². The van der Waals surface area contributed by atoms with Crippen molar-refractivity contribution in [3.05, 3.63) is 58.9 Å².